The first-order chi connectivity index (χ1) is 13.0. The van der Waals surface area contributed by atoms with Crippen LogP contribution in [0.1, 0.15) is 37.0 Å². The van der Waals surface area contributed by atoms with E-state index in [2.05, 4.69) is 10.6 Å². The van der Waals surface area contributed by atoms with Crippen molar-refractivity contribution in [2.75, 3.05) is 32.1 Å². The molecule has 1 aliphatic heterocycles. The lowest BCUT2D eigenvalue weighted by atomic mass is 9.99. The normalized spacial score (nSPS) is 23.7. The van der Waals surface area contributed by atoms with Gasteiger partial charge in [0, 0.05) is 24.9 Å². The van der Waals surface area contributed by atoms with E-state index >= 15 is 0 Å². The van der Waals surface area contributed by atoms with E-state index in [4.69, 9.17) is 4.74 Å². The molecule has 3 atom stereocenters. The molecule has 0 aromatic heterocycles. The Hall–Kier alpha value is -2.12. The second kappa shape index (κ2) is 8.27. The third-order valence-corrected chi connectivity index (χ3v) is 5.30. The van der Waals surface area contributed by atoms with E-state index in [-0.39, 0.29) is 42.4 Å². The summed E-state index contributed by atoms with van der Waals surface area (Å²) >= 11 is 0. The number of benzene rings is 1. The zero-order valence-electron chi connectivity index (χ0n) is 16.2. The lowest BCUT2D eigenvalue weighted by Gasteiger charge is -2.37. The maximum Gasteiger partial charge on any atom is 0.258 e. The number of hydrogen-bond acceptors (Lipinski definition) is 5. The molecule has 1 aliphatic carbocycles. The van der Waals surface area contributed by atoms with E-state index in [1.165, 1.54) is 0 Å². The number of hydrogen-bond donors (Lipinski definition) is 3. The Morgan fingerprint density at radius 1 is 1.41 bits per heavy atom. The maximum atomic E-state index is 13.2. The monoisotopic (exact) mass is 375 g/mol. The molecule has 0 unspecified atom stereocenters. The Morgan fingerprint density at radius 2 is 2.15 bits per heavy atom. The third-order valence-electron chi connectivity index (χ3n) is 5.30. The zero-order chi connectivity index (χ0) is 19.6. The Balaban J connectivity index is 2.01. The number of likely N-dealkylation sites (N-methyl/N-ethyl adjacent to an activating group) is 1. The van der Waals surface area contributed by atoms with Crippen molar-refractivity contribution in [3.05, 3.63) is 23.8 Å². The summed E-state index contributed by atoms with van der Waals surface area (Å²) in [4.78, 5) is 27.2. The number of rotatable bonds is 6. The molecule has 1 heterocycles. The fourth-order valence-corrected chi connectivity index (χ4v) is 3.37. The molecule has 7 nitrogen and oxygen atoms in total. The summed E-state index contributed by atoms with van der Waals surface area (Å²) in [6.07, 6.45) is 1.64. The number of carbonyl (C=O) groups excluding carboxylic acids is 2. The van der Waals surface area contributed by atoms with Crippen molar-refractivity contribution in [3.8, 4) is 5.75 Å². The first-order valence-corrected chi connectivity index (χ1v) is 9.63. The van der Waals surface area contributed by atoms with E-state index in [1.807, 2.05) is 20.9 Å². The standard InChI is InChI=1S/C20H29N3O4/c1-12-10-23(13(2)11-24)20(26)15-5-4-6-16(22-19(25)14-7-8-14)18(15)27-17(12)9-21-3/h4-6,12-14,17,21,24H,7-11H2,1-3H3,(H,22,25)/t12-,13-,17+/m0/s1. The summed E-state index contributed by atoms with van der Waals surface area (Å²) in [5, 5.41) is 15.7. The number of anilines is 1. The summed E-state index contributed by atoms with van der Waals surface area (Å²) in [5.41, 5.74) is 0.946. The fraction of sp³-hybridized carbons (Fsp3) is 0.600. The van der Waals surface area contributed by atoms with Crippen LogP contribution in [-0.2, 0) is 4.79 Å². The van der Waals surface area contributed by atoms with E-state index in [1.54, 1.807) is 23.1 Å². The van der Waals surface area contributed by atoms with Crippen molar-refractivity contribution in [1.29, 1.82) is 0 Å². The molecule has 0 saturated heterocycles. The highest BCUT2D eigenvalue weighted by Gasteiger charge is 2.35. The first-order valence-electron chi connectivity index (χ1n) is 9.63. The minimum atomic E-state index is -0.300. The van der Waals surface area contributed by atoms with Crippen molar-refractivity contribution in [3.63, 3.8) is 0 Å². The molecule has 1 fully saturated rings. The number of carbonyl (C=O) groups is 2. The van der Waals surface area contributed by atoms with Crippen LogP contribution in [-0.4, -0.2) is 60.7 Å². The quantitative estimate of drug-likeness (QED) is 0.701. The van der Waals surface area contributed by atoms with Crippen LogP contribution in [0.25, 0.3) is 0 Å². The van der Waals surface area contributed by atoms with Gasteiger partial charge in [0.25, 0.3) is 5.91 Å². The maximum absolute atomic E-state index is 13.2. The third kappa shape index (κ3) is 4.25. The zero-order valence-corrected chi connectivity index (χ0v) is 16.2. The molecule has 0 spiro atoms. The SMILES string of the molecule is CNC[C@H]1Oc2c(NC(=O)C3CC3)cccc2C(=O)N([C@@H](C)CO)C[C@@H]1C. The van der Waals surface area contributed by atoms with Crippen LogP contribution in [0.5, 0.6) is 5.75 Å². The van der Waals surface area contributed by atoms with Gasteiger partial charge < -0.3 is 25.4 Å². The second-order valence-electron chi connectivity index (χ2n) is 7.63. The molecule has 0 bridgehead atoms. The summed E-state index contributed by atoms with van der Waals surface area (Å²) in [6, 6.07) is 4.94. The molecule has 148 valence electrons. The average molecular weight is 375 g/mol. The number of nitrogens with one attached hydrogen (secondary N) is 2. The van der Waals surface area contributed by atoms with Crippen LogP contribution in [0.2, 0.25) is 0 Å². The molecule has 27 heavy (non-hydrogen) atoms. The van der Waals surface area contributed by atoms with Gasteiger partial charge >= 0.3 is 0 Å². The predicted octanol–water partition coefficient (Wildman–Crippen LogP) is 1.47. The largest absolute Gasteiger partial charge is 0.486 e. The van der Waals surface area contributed by atoms with E-state index < -0.39 is 0 Å². The lowest BCUT2D eigenvalue weighted by molar-refractivity contribution is -0.117. The summed E-state index contributed by atoms with van der Waals surface area (Å²) in [7, 11) is 1.86. The highest BCUT2D eigenvalue weighted by atomic mass is 16.5. The van der Waals surface area contributed by atoms with Crippen molar-refractivity contribution in [2.45, 2.75) is 38.8 Å². The summed E-state index contributed by atoms with van der Waals surface area (Å²) < 4.78 is 6.27. The van der Waals surface area contributed by atoms with Gasteiger partial charge in [-0.25, -0.2) is 0 Å². The van der Waals surface area contributed by atoms with Gasteiger partial charge in [0.05, 0.1) is 23.9 Å². The van der Waals surface area contributed by atoms with Crippen molar-refractivity contribution < 1.29 is 19.4 Å². The lowest BCUT2D eigenvalue weighted by Crippen LogP contribution is -2.49. The summed E-state index contributed by atoms with van der Waals surface area (Å²) in [6.45, 7) is 4.86. The smallest absolute Gasteiger partial charge is 0.258 e. The van der Waals surface area contributed by atoms with Crippen LogP contribution in [0.3, 0.4) is 0 Å². The topological polar surface area (TPSA) is 90.9 Å². The number of fused-ring (bicyclic) bond motifs is 1. The van der Waals surface area contributed by atoms with E-state index in [0.717, 1.165) is 12.8 Å². The number of aliphatic hydroxyl groups is 1. The van der Waals surface area contributed by atoms with Gasteiger partial charge in [-0.1, -0.05) is 13.0 Å². The number of amides is 2. The van der Waals surface area contributed by atoms with E-state index in [9.17, 15) is 14.7 Å². The second-order valence-corrected chi connectivity index (χ2v) is 7.63. The predicted molar refractivity (Wildman–Crippen MR) is 103 cm³/mol. The van der Waals surface area contributed by atoms with E-state index in [0.29, 0.717) is 30.1 Å². The first kappa shape index (κ1) is 19.6. The number of aliphatic hydroxyl groups excluding tert-OH is 1. The highest BCUT2D eigenvalue weighted by molar-refractivity contribution is 6.02. The van der Waals surface area contributed by atoms with Gasteiger partial charge in [0.1, 0.15) is 6.10 Å². The number of para-hydroxylation sites is 1. The van der Waals surface area contributed by atoms with Crippen LogP contribution >= 0.6 is 0 Å². The Bertz CT molecular complexity index is 704. The minimum absolute atomic E-state index is 0.0275. The Morgan fingerprint density at radius 3 is 2.78 bits per heavy atom. The molecule has 7 heteroatoms. The van der Waals surface area contributed by atoms with Gasteiger partial charge in [-0.05, 0) is 38.9 Å². The molecule has 1 saturated carbocycles. The number of ether oxygens (including phenoxy) is 1. The van der Waals surface area contributed by atoms with Gasteiger partial charge in [-0.3, -0.25) is 9.59 Å². The van der Waals surface area contributed by atoms with Gasteiger partial charge in [-0.15, -0.1) is 0 Å². The molecule has 1 aromatic carbocycles. The van der Waals surface area contributed by atoms with Crippen molar-refractivity contribution >= 4 is 17.5 Å². The van der Waals surface area contributed by atoms with Gasteiger partial charge in [0.2, 0.25) is 5.91 Å². The molecule has 3 N–H and O–H groups in total. The van der Waals surface area contributed by atoms with Crippen LogP contribution in [0, 0.1) is 11.8 Å². The van der Waals surface area contributed by atoms with Crippen LogP contribution in [0.4, 0.5) is 5.69 Å². The Labute approximate surface area is 160 Å². The Kier molecular flexibility index (Phi) is 6.01. The molecule has 2 aliphatic rings. The average Bonchev–Trinajstić information content (AvgIpc) is 3.50. The molecular formula is C20H29N3O4. The van der Waals surface area contributed by atoms with Crippen LogP contribution < -0.4 is 15.4 Å². The van der Waals surface area contributed by atoms with Gasteiger partial charge in [-0.2, -0.15) is 0 Å². The molecule has 2 amide bonds. The highest BCUT2D eigenvalue weighted by Crippen LogP contribution is 2.36. The summed E-state index contributed by atoms with van der Waals surface area (Å²) in [5.74, 6) is 0.307. The van der Waals surface area contributed by atoms with Crippen LogP contribution in [0.15, 0.2) is 18.2 Å². The molecule has 3 rings (SSSR count). The van der Waals surface area contributed by atoms with Gasteiger partial charge in [0.15, 0.2) is 5.75 Å². The molecular weight excluding hydrogens is 346 g/mol. The number of nitrogens with zero attached hydrogens (tertiary/aromatic N) is 1. The van der Waals surface area contributed by atoms with Crippen molar-refractivity contribution in [1.82, 2.24) is 10.2 Å². The molecule has 1 aromatic rings. The fourth-order valence-electron chi connectivity index (χ4n) is 3.37. The van der Waals surface area contributed by atoms with Crippen molar-refractivity contribution in [2.24, 2.45) is 11.8 Å². The molecule has 0 radical (unpaired) electrons. The minimum Gasteiger partial charge on any atom is -0.486 e.